The first-order valence-corrected chi connectivity index (χ1v) is 4.78. The summed E-state index contributed by atoms with van der Waals surface area (Å²) in [5.41, 5.74) is 1.24. The molecule has 0 bridgehead atoms. The lowest BCUT2D eigenvalue weighted by atomic mass is 10.0. The third-order valence-electron chi connectivity index (χ3n) is 2.34. The van der Waals surface area contributed by atoms with Crippen molar-refractivity contribution in [3.63, 3.8) is 0 Å². The molecule has 0 amide bonds. The summed E-state index contributed by atoms with van der Waals surface area (Å²) >= 11 is 0. The number of aliphatic carboxylic acids is 1. The van der Waals surface area contributed by atoms with Gasteiger partial charge in [-0.25, -0.2) is 4.79 Å². The third kappa shape index (κ3) is 2.02. The molecule has 1 aliphatic carbocycles. The van der Waals surface area contributed by atoms with Crippen molar-refractivity contribution >= 4 is 11.5 Å². The third-order valence-corrected chi connectivity index (χ3v) is 2.34. The summed E-state index contributed by atoms with van der Waals surface area (Å²) < 4.78 is 0. The monoisotopic (exact) mass is 188 g/mol. The quantitative estimate of drug-likeness (QED) is 0.740. The maximum Gasteiger partial charge on any atom is 0.335 e. The first-order chi connectivity index (χ1) is 6.77. The molecule has 2 heteroatoms. The van der Waals surface area contributed by atoms with E-state index in [-0.39, 0.29) is 0 Å². The number of carbonyl (C=O) groups is 1. The first kappa shape index (κ1) is 9.00. The largest absolute Gasteiger partial charge is 0.478 e. The number of hydrogen-bond donors (Lipinski definition) is 1. The van der Waals surface area contributed by atoms with Gasteiger partial charge in [-0.2, -0.15) is 0 Å². The van der Waals surface area contributed by atoms with Crippen LogP contribution >= 0.6 is 0 Å². The Kier molecular flexibility index (Phi) is 2.35. The van der Waals surface area contributed by atoms with Crippen molar-refractivity contribution in [3.8, 4) is 0 Å². The summed E-state index contributed by atoms with van der Waals surface area (Å²) in [7, 11) is 0. The van der Waals surface area contributed by atoms with Gasteiger partial charge in [-0.15, -0.1) is 0 Å². The zero-order valence-corrected chi connectivity index (χ0v) is 7.81. The van der Waals surface area contributed by atoms with E-state index in [1.54, 1.807) is 0 Å². The van der Waals surface area contributed by atoms with Gasteiger partial charge in [0.1, 0.15) is 0 Å². The molecule has 14 heavy (non-hydrogen) atoms. The molecule has 1 saturated carbocycles. The van der Waals surface area contributed by atoms with Crippen molar-refractivity contribution in [2.75, 3.05) is 0 Å². The molecule has 2 rings (SSSR count). The van der Waals surface area contributed by atoms with Crippen LogP contribution < -0.4 is 0 Å². The number of carboxylic acids is 1. The van der Waals surface area contributed by atoms with Crippen molar-refractivity contribution in [3.05, 3.63) is 42.0 Å². The molecule has 1 aromatic rings. The highest BCUT2D eigenvalue weighted by molar-refractivity contribution is 6.15. The van der Waals surface area contributed by atoms with Gasteiger partial charge in [0, 0.05) is 0 Å². The number of carboxylic acid groups (broad SMARTS) is 1. The van der Waals surface area contributed by atoms with Crippen LogP contribution in [0.5, 0.6) is 0 Å². The minimum absolute atomic E-state index is 0.438. The van der Waals surface area contributed by atoms with Crippen LogP contribution in [0.3, 0.4) is 0 Å². The van der Waals surface area contributed by atoms with Gasteiger partial charge in [0.15, 0.2) is 0 Å². The second kappa shape index (κ2) is 3.66. The van der Waals surface area contributed by atoms with Gasteiger partial charge in [0.05, 0.1) is 5.57 Å². The van der Waals surface area contributed by atoms with Crippen LogP contribution in [0.4, 0.5) is 0 Å². The lowest BCUT2D eigenvalue weighted by Crippen LogP contribution is -1.99. The molecular formula is C12H12O2. The van der Waals surface area contributed by atoms with Gasteiger partial charge < -0.3 is 5.11 Å². The number of hydrogen-bond acceptors (Lipinski definition) is 1. The minimum atomic E-state index is -0.830. The van der Waals surface area contributed by atoms with E-state index in [0.29, 0.717) is 11.5 Å². The van der Waals surface area contributed by atoms with E-state index in [1.807, 2.05) is 36.4 Å². The summed E-state index contributed by atoms with van der Waals surface area (Å²) in [4.78, 5) is 11.0. The number of allylic oxidation sites excluding steroid dienone is 1. The van der Waals surface area contributed by atoms with E-state index in [9.17, 15) is 4.79 Å². The van der Waals surface area contributed by atoms with Crippen LogP contribution in [0.25, 0.3) is 5.57 Å². The fourth-order valence-corrected chi connectivity index (χ4v) is 1.41. The van der Waals surface area contributed by atoms with Crippen LogP contribution in [0.2, 0.25) is 0 Å². The second-order valence-corrected chi connectivity index (χ2v) is 3.59. The molecule has 1 fully saturated rings. The minimum Gasteiger partial charge on any atom is -0.478 e. The van der Waals surface area contributed by atoms with E-state index in [0.717, 1.165) is 18.4 Å². The summed E-state index contributed by atoms with van der Waals surface area (Å²) in [6.07, 6.45) is 4.13. The SMILES string of the molecule is O=C(O)C(=CC1CC1)c1ccccc1. The summed E-state index contributed by atoms with van der Waals surface area (Å²) in [5, 5.41) is 9.04. The average molecular weight is 188 g/mol. The molecule has 0 heterocycles. The Morgan fingerprint density at radius 3 is 2.43 bits per heavy atom. The van der Waals surface area contributed by atoms with Gasteiger partial charge in [0.25, 0.3) is 0 Å². The van der Waals surface area contributed by atoms with E-state index in [1.165, 1.54) is 0 Å². The van der Waals surface area contributed by atoms with Crippen molar-refractivity contribution in [1.82, 2.24) is 0 Å². The smallest absolute Gasteiger partial charge is 0.335 e. The molecule has 1 aromatic carbocycles. The molecule has 0 spiro atoms. The Balaban J connectivity index is 2.31. The molecule has 1 aliphatic rings. The van der Waals surface area contributed by atoms with Gasteiger partial charge in [-0.1, -0.05) is 36.4 Å². The van der Waals surface area contributed by atoms with Gasteiger partial charge in [0.2, 0.25) is 0 Å². The molecule has 0 atom stereocenters. The zero-order valence-electron chi connectivity index (χ0n) is 7.81. The Hall–Kier alpha value is -1.57. The summed E-state index contributed by atoms with van der Waals surface area (Å²) in [5.74, 6) is -0.343. The van der Waals surface area contributed by atoms with Crippen LogP contribution in [-0.2, 0) is 4.79 Å². The predicted molar refractivity (Wildman–Crippen MR) is 54.8 cm³/mol. The van der Waals surface area contributed by atoms with E-state index in [2.05, 4.69) is 0 Å². The van der Waals surface area contributed by atoms with Crippen molar-refractivity contribution in [2.24, 2.45) is 5.92 Å². The molecule has 0 radical (unpaired) electrons. The Morgan fingerprint density at radius 1 is 1.29 bits per heavy atom. The molecule has 0 unspecified atom stereocenters. The van der Waals surface area contributed by atoms with E-state index < -0.39 is 5.97 Å². The zero-order chi connectivity index (χ0) is 9.97. The van der Waals surface area contributed by atoms with E-state index >= 15 is 0 Å². The molecule has 2 nitrogen and oxygen atoms in total. The number of benzene rings is 1. The average Bonchev–Trinajstić information content (AvgIpc) is 2.99. The second-order valence-electron chi connectivity index (χ2n) is 3.59. The Labute approximate surface area is 82.9 Å². The maximum atomic E-state index is 11.0. The van der Waals surface area contributed by atoms with Crippen LogP contribution in [-0.4, -0.2) is 11.1 Å². The lowest BCUT2D eigenvalue weighted by molar-refractivity contribution is -0.130. The summed E-state index contributed by atoms with van der Waals surface area (Å²) in [6, 6.07) is 9.28. The molecule has 1 N–H and O–H groups in total. The molecule has 0 aliphatic heterocycles. The maximum absolute atomic E-state index is 11.0. The highest BCUT2D eigenvalue weighted by Crippen LogP contribution is 2.33. The summed E-state index contributed by atoms with van der Waals surface area (Å²) in [6.45, 7) is 0. The van der Waals surface area contributed by atoms with Gasteiger partial charge in [-0.3, -0.25) is 0 Å². The lowest BCUT2D eigenvalue weighted by Gasteiger charge is -2.01. The van der Waals surface area contributed by atoms with E-state index in [4.69, 9.17) is 5.11 Å². The fourth-order valence-electron chi connectivity index (χ4n) is 1.41. The van der Waals surface area contributed by atoms with Crippen LogP contribution in [0.1, 0.15) is 18.4 Å². The molecule has 0 saturated heterocycles. The molecular weight excluding hydrogens is 176 g/mol. The van der Waals surface area contributed by atoms with Crippen molar-refractivity contribution < 1.29 is 9.90 Å². The predicted octanol–water partition coefficient (Wildman–Crippen LogP) is 2.56. The molecule has 72 valence electrons. The van der Waals surface area contributed by atoms with Gasteiger partial charge >= 0.3 is 5.97 Å². The fraction of sp³-hybridized carbons (Fsp3) is 0.250. The standard InChI is InChI=1S/C12H12O2/c13-12(14)11(8-9-6-7-9)10-4-2-1-3-5-10/h1-5,8-9H,6-7H2,(H,13,14). The van der Waals surface area contributed by atoms with Crippen molar-refractivity contribution in [1.29, 1.82) is 0 Å². The number of rotatable bonds is 3. The Bertz CT molecular complexity index is 361. The Morgan fingerprint density at radius 2 is 1.93 bits per heavy atom. The van der Waals surface area contributed by atoms with Crippen LogP contribution in [0.15, 0.2) is 36.4 Å². The highest BCUT2D eigenvalue weighted by atomic mass is 16.4. The van der Waals surface area contributed by atoms with Gasteiger partial charge in [-0.05, 0) is 24.3 Å². The topological polar surface area (TPSA) is 37.3 Å². The molecule has 0 aromatic heterocycles. The first-order valence-electron chi connectivity index (χ1n) is 4.78. The highest BCUT2D eigenvalue weighted by Gasteiger charge is 2.21. The van der Waals surface area contributed by atoms with Crippen molar-refractivity contribution in [2.45, 2.75) is 12.8 Å². The van der Waals surface area contributed by atoms with Crippen LogP contribution in [0, 0.1) is 5.92 Å². The normalized spacial score (nSPS) is 16.7.